The van der Waals surface area contributed by atoms with Gasteiger partial charge in [-0.1, -0.05) is 6.07 Å². The highest BCUT2D eigenvalue weighted by Crippen LogP contribution is 2.30. The van der Waals surface area contributed by atoms with Gasteiger partial charge in [0, 0.05) is 0 Å². The van der Waals surface area contributed by atoms with Crippen molar-refractivity contribution in [1.29, 1.82) is 0 Å². The van der Waals surface area contributed by atoms with Crippen molar-refractivity contribution in [1.82, 2.24) is 10.6 Å². The number of carbonyl (C=O) groups is 2. The van der Waals surface area contributed by atoms with Crippen LogP contribution in [0, 0.1) is 0 Å². The quantitative estimate of drug-likeness (QED) is 0.564. The number of urea groups is 1. The Hall–Kier alpha value is -2.74. The normalized spacial score (nSPS) is 17.7. The van der Waals surface area contributed by atoms with Crippen molar-refractivity contribution < 1.29 is 28.7 Å². The second-order valence-corrected chi connectivity index (χ2v) is 6.40. The highest BCUT2D eigenvalue weighted by Gasteiger charge is 2.31. The van der Waals surface area contributed by atoms with Gasteiger partial charge in [-0.2, -0.15) is 0 Å². The van der Waals surface area contributed by atoms with Gasteiger partial charge in [-0.3, -0.25) is 0 Å². The second kappa shape index (κ2) is 9.27. The first kappa shape index (κ1) is 20.6. The van der Waals surface area contributed by atoms with E-state index in [4.69, 9.17) is 14.2 Å². The third-order valence-corrected chi connectivity index (χ3v) is 4.32. The van der Waals surface area contributed by atoms with Crippen LogP contribution in [0.5, 0.6) is 11.5 Å². The number of hydrogen-bond donors (Lipinski definition) is 3. The molecule has 148 valence electrons. The zero-order valence-electron chi connectivity index (χ0n) is 16.5. The molecule has 1 aromatic rings. The lowest BCUT2D eigenvalue weighted by Crippen LogP contribution is -3.08. The lowest BCUT2D eigenvalue weighted by molar-refractivity contribution is -0.889. The summed E-state index contributed by atoms with van der Waals surface area (Å²) in [7, 11) is 5.18. The van der Waals surface area contributed by atoms with Crippen molar-refractivity contribution >= 4 is 12.0 Å². The van der Waals surface area contributed by atoms with Gasteiger partial charge in [0.15, 0.2) is 11.5 Å². The van der Waals surface area contributed by atoms with Crippen LogP contribution in [-0.2, 0) is 16.1 Å². The van der Waals surface area contributed by atoms with E-state index in [1.54, 1.807) is 28.1 Å². The van der Waals surface area contributed by atoms with Crippen molar-refractivity contribution in [2.24, 2.45) is 0 Å². The van der Waals surface area contributed by atoms with Gasteiger partial charge in [0.2, 0.25) is 0 Å². The minimum absolute atomic E-state index is 0.278. The molecule has 1 aliphatic heterocycles. The van der Waals surface area contributed by atoms with Gasteiger partial charge in [0.05, 0.1) is 50.7 Å². The molecule has 1 aromatic carbocycles. The summed E-state index contributed by atoms with van der Waals surface area (Å²) in [5, 5.41) is 5.46. The molecule has 2 rings (SSSR count). The maximum atomic E-state index is 12.3. The van der Waals surface area contributed by atoms with Crippen LogP contribution in [0.2, 0.25) is 0 Å². The summed E-state index contributed by atoms with van der Waals surface area (Å²) in [6, 6.07) is 4.98. The van der Waals surface area contributed by atoms with Crippen LogP contribution in [-0.4, -0.2) is 52.5 Å². The predicted octanol–water partition coefficient (Wildman–Crippen LogP) is 0.237. The van der Waals surface area contributed by atoms with E-state index in [0.29, 0.717) is 35.9 Å². The van der Waals surface area contributed by atoms with Crippen LogP contribution in [0.4, 0.5) is 4.79 Å². The van der Waals surface area contributed by atoms with Gasteiger partial charge in [-0.25, -0.2) is 9.59 Å². The lowest BCUT2D eigenvalue weighted by atomic mass is 10.0. The maximum Gasteiger partial charge on any atom is 0.338 e. The van der Waals surface area contributed by atoms with E-state index in [1.807, 2.05) is 25.2 Å². The van der Waals surface area contributed by atoms with Crippen LogP contribution >= 0.6 is 0 Å². The minimum Gasteiger partial charge on any atom is -0.493 e. The zero-order chi connectivity index (χ0) is 20.0. The average molecular weight is 378 g/mol. The third kappa shape index (κ3) is 4.91. The molecule has 3 N–H and O–H groups in total. The molecule has 0 saturated carbocycles. The lowest BCUT2D eigenvalue weighted by Gasteiger charge is -2.27. The highest BCUT2D eigenvalue weighted by molar-refractivity contribution is 5.94. The van der Waals surface area contributed by atoms with E-state index >= 15 is 0 Å². The van der Waals surface area contributed by atoms with Gasteiger partial charge in [-0.15, -0.1) is 0 Å². The van der Waals surface area contributed by atoms with Crippen molar-refractivity contribution in [3.8, 4) is 11.5 Å². The van der Waals surface area contributed by atoms with Gasteiger partial charge in [0.25, 0.3) is 0 Å². The molecule has 0 aromatic heterocycles. The molecule has 2 atom stereocenters. The fourth-order valence-electron chi connectivity index (χ4n) is 3.20. The van der Waals surface area contributed by atoms with Gasteiger partial charge < -0.3 is 29.7 Å². The Morgan fingerprint density at radius 1 is 1.22 bits per heavy atom. The van der Waals surface area contributed by atoms with Crippen LogP contribution in [0.15, 0.2) is 29.5 Å². The first-order valence-electron chi connectivity index (χ1n) is 8.90. The second-order valence-electron chi connectivity index (χ2n) is 6.40. The number of methoxy groups -OCH3 is 2. The molecular weight excluding hydrogens is 350 g/mol. The highest BCUT2D eigenvalue weighted by atomic mass is 16.5. The van der Waals surface area contributed by atoms with E-state index < -0.39 is 12.0 Å². The Labute approximate surface area is 159 Å². The van der Waals surface area contributed by atoms with Crippen LogP contribution < -0.4 is 25.0 Å². The van der Waals surface area contributed by atoms with Crippen LogP contribution in [0.3, 0.4) is 0 Å². The molecule has 27 heavy (non-hydrogen) atoms. The Bertz CT molecular complexity index is 732. The molecule has 8 heteroatoms. The number of esters is 1. The number of quaternary nitrogens is 1. The van der Waals surface area contributed by atoms with E-state index in [-0.39, 0.29) is 12.6 Å². The third-order valence-electron chi connectivity index (χ3n) is 4.32. The molecule has 1 unspecified atom stereocenters. The Kier molecular flexibility index (Phi) is 7.06. The summed E-state index contributed by atoms with van der Waals surface area (Å²) in [5.74, 6) is 0.930. The monoisotopic (exact) mass is 378 g/mol. The van der Waals surface area contributed by atoms with E-state index in [1.165, 1.54) is 0 Å². The van der Waals surface area contributed by atoms with Crippen molar-refractivity contribution in [3.63, 3.8) is 0 Å². The van der Waals surface area contributed by atoms with Crippen LogP contribution in [0.25, 0.3) is 0 Å². The fraction of sp³-hybridized carbons (Fsp3) is 0.474. The van der Waals surface area contributed by atoms with Gasteiger partial charge in [-0.05, 0) is 26.0 Å². The largest absolute Gasteiger partial charge is 0.493 e. The van der Waals surface area contributed by atoms with E-state index in [0.717, 1.165) is 10.5 Å². The average Bonchev–Trinajstić information content (AvgIpc) is 2.60. The standard InChI is InChI=1S/C19H27N3O5/c1-6-27-18(23)16-12(2)20-19(24)21-14(16)11-22(3)10-13-8-7-9-15(25-4)17(13)26-5/h7-9,12H,6,10-11H2,1-5H3,(H2,20,21,24)/p+1/t12-/m1/s1. The van der Waals surface area contributed by atoms with Crippen molar-refractivity contribution in [3.05, 3.63) is 35.0 Å². The summed E-state index contributed by atoms with van der Waals surface area (Å²) in [6.45, 7) is 4.87. The molecular formula is C19H28N3O5+. The molecule has 2 amide bonds. The summed E-state index contributed by atoms with van der Waals surface area (Å²) in [6.07, 6.45) is 0. The predicted molar refractivity (Wildman–Crippen MR) is 99.8 cm³/mol. The zero-order valence-corrected chi connectivity index (χ0v) is 16.5. The topological polar surface area (TPSA) is 90.3 Å². The smallest absolute Gasteiger partial charge is 0.338 e. The number of likely N-dealkylation sites (N-methyl/N-ethyl adjacent to an activating group) is 1. The number of nitrogens with one attached hydrogen (secondary N) is 3. The number of para-hydroxylation sites is 1. The molecule has 1 aliphatic rings. The van der Waals surface area contributed by atoms with Crippen LogP contribution in [0.1, 0.15) is 19.4 Å². The Morgan fingerprint density at radius 3 is 2.59 bits per heavy atom. The molecule has 0 spiro atoms. The molecule has 0 radical (unpaired) electrons. The van der Waals surface area contributed by atoms with E-state index in [2.05, 4.69) is 10.6 Å². The molecule has 0 fully saturated rings. The molecule has 0 bridgehead atoms. The summed E-state index contributed by atoms with van der Waals surface area (Å²) < 4.78 is 16.0. The SMILES string of the molecule is CCOC(=O)C1=C(C[NH+](C)Cc2cccc(OC)c2OC)NC(=O)N[C@@H]1C. The Balaban J connectivity index is 2.24. The Morgan fingerprint density at radius 2 is 1.96 bits per heavy atom. The summed E-state index contributed by atoms with van der Waals surface area (Å²) in [4.78, 5) is 25.3. The molecule has 0 aliphatic carbocycles. The van der Waals surface area contributed by atoms with Gasteiger partial charge >= 0.3 is 12.0 Å². The maximum absolute atomic E-state index is 12.3. The number of rotatable bonds is 8. The van der Waals surface area contributed by atoms with Gasteiger partial charge in [0.1, 0.15) is 13.1 Å². The summed E-state index contributed by atoms with van der Waals surface area (Å²) in [5.41, 5.74) is 2.00. The van der Waals surface area contributed by atoms with Crippen molar-refractivity contribution in [2.75, 3.05) is 34.4 Å². The molecule has 0 saturated heterocycles. The fourth-order valence-corrected chi connectivity index (χ4v) is 3.20. The first-order valence-corrected chi connectivity index (χ1v) is 8.90. The van der Waals surface area contributed by atoms with E-state index in [9.17, 15) is 9.59 Å². The van der Waals surface area contributed by atoms with Crippen molar-refractivity contribution in [2.45, 2.75) is 26.4 Å². The first-order chi connectivity index (χ1) is 12.9. The molecule has 1 heterocycles. The number of benzene rings is 1. The number of carbonyl (C=O) groups excluding carboxylic acids is 2. The number of amides is 2. The number of hydrogen-bond acceptors (Lipinski definition) is 5. The number of ether oxygens (including phenoxy) is 3. The minimum atomic E-state index is -0.417. The summed E-state index contributed by atoms with van der Waals surface area (Å²) >= 11 is 0. The molecule has 8 nitrogen and oxygen atoms in total.